The Balaban J connectivity index is 2.76. The van der Waals surface area contributed by atoms with E-state index in [-0.39, 0.29) is 6.61 Å². The van der Waals surface area contributed by atoms with E-state index < -0.39 is 0 Å². The van der Waals surface area contributed by atoms with Crippen LogP contribution in [0.2, 0.25) is 0 Å². The molecule has 68 valence electrons. The van der Waals surface area contributed by atoms with E-state index in [2.05, 4.69) is 10.2 Å². The molecular formula is C9H11N3O. The van der Waals surface area contributed by atoms with Gasteiger partial charge in [-0.25, -0.2) is 0 Å². The lowest BCUT2D eigenvalue weighted by Gasteiger charge is -1.98. The predicted molar refractivity (Wildman–Crippen MR) is 49.2 cm³/mol. The zero-order valence-corrected chi connectivity index (χ0v) is 7.65. The lowest BCUT2D eigenvalue weighted by atomic mass is 10.3. The Labute approximate surface area is 75.8 Å². The highest BCUT2D eigenvalue weighted by Gasteiger charge is 2.05. The molecule has 0 aliphatic carbocycles. The first-order valence-corrected chi connectivity index (χ1v) is 4.12. The van der Waals surface area contributed by atoms with E-state index in [1.807, 2.05) is 30.7 Å². The van der Waals surface area contributed by atoms with Crippen LogP contribution in [0.25, 0.3) is 11.0 Å². The third-order valence-corrected chi connectivity index (χ3v) is 2.16. The van der Waals surface area contributed by atoms with E-state index in [9.17, 15) is 0 Å². The van der Waals surface area contributed by atoms with Crippen LogP contribution in [0.4, 0.5) is 0 Å². The minimum absolute atomic E-state index is 0.0336. The van der Waals surface area contributed by atoms with Crippen LogP contribution in [0.3, 0.4) is 0 Å². The van der Waals surface area contributed by atoms with Crippen molar-refractivity contribution in [3.05, 3.63) is 23.5 Å². The van der Waals surface area contributed by atoms with Crippen molar-refractivity contribution < 1.29 is 5.11 Å². The van der Waals surface area contributed by atoms with Crippen molar-refractivity contribution in [2.24, 2.45) is 7.05 Å². The number of aliphatic hydroxyl groups excluding tert-OH is 1. The van der Waals surface area contributed by atoms with Gasteiger partial charge in [-0.2, -0.15) is 5.10 Å². The summed E-state index contributed by atoms with van der Waals surface area (Å²) in [5.41, 5.74) is 2.56. The fourth-order valence-corrected chi connectivity index (χ4v) is 1.43. The molecule has 0 aromatic carbocycles. The lowest BCUT2D eigenvalue weighted by Crippen LogP contribution is -1.97. The van der Waals surface area contributed by atoms with Crippen LogP contribution in [0.15, 0.2) is 12.1 Å². The summed E-state index contributed by atoms with van der Waals surface area (Å²) in [6.45, 7) is 1.93. The van der Waals surface area contributed by atoms with Gasteiger partial charge in [-0.1, -0.05) is 0 Å². The molecule has 4 heteroatoms. The number of hydrogen-bond acceptors (Lipinski definition) is 3. The molecular weight excluding hydrogens is 166 g/mol. The third-order valence-electron chi connectivity index (χ3n) is 2.16. The minimum atomic E-state index is 0.0336. The molecule has 0 spiro atoms. The largest absolute Gasteiger partial charge is 0.390 e. The number of aliphatic hydroxyl groups is 1. The normalized spacial score (nSPS) is 11.0. The van der Waals surface area contributed by atoms with E-state index >= 15 is 0 Å². The molecule has 0 fully saturated rings. The summed E-state index contributed by atoms with van der Waals surface area (Å²) in [5.74, 6) is 0. The molecule has 0 radical (unpaired) electrons. The molecule has 2 heterocycles. The molecule has 4 nitrogen and oxygen atoms in total. The molecule has 0 saturated heterocycles. The number of aromatic nitrogens is 3. The topological polar surface area (TPSA) is 50.9 Å². The van der Waals surface area contributed by atoms with Gasteiger partial charge in [0.2, 0.25) is 0 Å². The molecule has 0 atom stereocenters. The van der Waals surface area contributed by atoms with Gasteiger partial charge in [0.15, 0.2) is 5.65 Å². The number of aryl methyl sites for hydroxylation is 2. The van der Waals surface area contributed by atoms with E-state index in [0.29, 0.717) is 0 Å². The average molecular weight is 177 g/mol. The Hall–Kier alpha value is -1.42. The number of nitrogens with zero attached hydrogens (tertiary/aromatic N) is 3. The number of rotatable bonds is 1. The second kappa shape index (κ2) is 2.81. The molecule has 0 amide bonds. The molecule has 0 saturated carbocycles. The fourth-order valence-electron chi connectivity index (χ4n) is 1.43. The highest BCUT2D eigenvalue weighted by atomic mass is 16.3. The van der Waals surface area contributed by atoms with Gasteiger partial charge in [0.1, 0.15) is 0 Å². The van der Waals surface area contributed by atoms with Crippen LogP contribution >= 0.6 is 0 Å². The van der Waals surface area contributed by atoms with Crippen molar-refractivity contribution in [2.75, 3.05) is 0 Å². The van der Waals surface area contributed by atoms with E-state index in [1.54, 1.807) is 0 Å². The maximum atomic E-state index is 9.02. The monoisotopic (exact) mass is 177 g/mol. The smallest absolute Gasteiger partial charge is 0.162 e. The first-order valence-electron chi connectivity index (χ1n) is 4.12. The molecule has 0 bridgehead atoms. The summed E-state index contributed by atoms with van der Waals surface area (Å²) >= 11 is 0. The highest BCUT2D eigenvalue weighted by Crippen LogP contribution is 2.16. The summed E-state index contributed by atoms with van der Waals surface area (Å²) in [6.07, 6.45) is 0. The van der Waals surface area contributed by atoms with E-state index in [0.717, 1.165) is 22.4 Å². The minimum Gasteiger partial charge on any atom is -0.390 e. The van der Waals surface area contributed by atoms with Crippen molar-refractivity contribution in [3.8, 4) is 0 Å². The van der Waals surface area contributed by atoms with Gasteiger partial charge in [-0.3, -0.25) is 0 Å². The first kappa shape index (κ1) is 8.19. The summed E-state index contributed by atoms with van der Waals surface area (Å²) in [4.78, 5) is 0. The second-order valence-electron chi connectivity index (χ2n) is 3.12. The van der Waals surface area contributed by atoms with E-state index in [1.165, 1.54) is 0 Å². The molecule has 2 aromatic rings. The summed E-state index contributed by atoms with van der Waals surface area (Å²) in [6, 6.07) is 3.89. The molecule has 2 aromatic heterocycles. The van der Waals surface area contributed by atoms with Gasteiger partial charge in [0, 0.05) is 18.1 Å². The van der Waals surface area contributed by atoms with Gasteiger partial charge < -0.3 is 9.67 Å². The maximum Gasteiger partial charge on any atom is 0.162 e. The number of fused-ring (bicyclic) bond motifs is 1. The van der Waals surface area contributed by atoms with Crippen LogP contribution in [0.1, 0.15) is 11.4 Å². The van der Waals surface area contributed by atoms with E-state index in [4.69, 9.17) is 5.11 Å². The van der Waals surface area contributed by atoms with Crippen LogP contribution in [-0.4, -0.2) is 19.9 Å². The van der Waals surface area contributed by atoms with Gasteiger partial charge in [-0.15, -0.1) is 5.10 Å². The summed E-state index contributed by atoms with van der Waals surface area (Å²) < 4.78 is 1.85. The first-order chi connectivity index (χ1) is 6.22. The van der Waals surface area contributed by atoms with Gasteiger partial charge >= 0.3 is 0 Å². The Morgan fingerprint density at radius 2 is 2.15 bits per heavy atom. The zero-order valence-electron chi connectivity index (χ0n) is 7.65. The fraction of sp³-hybridized carbons (Fsp3) is 0.333. The highest BCUT2D eigenvalue weighted by molar-refractivity contribution is 5.77. The van der Waals surface area contributed by atoms with Crippen LogP contribution < -0.4 is 0 Å². The zero-order chi connectivity index (χ0) is 9.42. The van der Waals surface area contributed by atoms with Crippen molar-refractivity contribution in [1.29, 1.82) is 0 Å². The maximum absolute atomic E-state index is 9.02. The Kier molecular flexibility index (Phi) is 1.77. The van der Waals surface area contributed by atoms with Crippen LogP contribution in [0, 0.1) is 6.92 Å². The van der Waals surface area contributed by atoms with Gasteiger partial charge in [0.05, 0.1) is 12.3 Å². The SMILES string of the molecule is Cc1cc2cc(CO)n(C)c2nn1. The molecule has 0 aliphatic rings. The quantitative estimate of drug-likeness (QED) is 0.700. The molecule has 2 rings (SSSR count). The van der Waals surface area contributed by atoms with Gasteiger partial charge in [-0.05, 0) is 19.1 Å². The molecule has 13 heavy (non-hydrogen) atoms. The van der Waals surface area contributed by atoms with Gasteiger partial charge in [0.25, 0.3) is 0 Å². The predicted octanol–water partition coefficient (Wildman–Crippen LogP) is 0.769. The van der Waals surface area contributed by atoms with Crippen molar-refractivity contribution in [3.63, 3.8) is 0 Å². The van der Waals surface area contributed by atoms with Crippen LogP contribution in [0.5, 0.6) is 0 Å². The molecule has 1 N–H and O–H groups in total. The Morgan fingerprint density at radius 1 is 1.38 bits per heavy atom. The second-order valence-corrected chi connectivity index (χ2v) is 3.12. The summed E-state index contributed by atoms with van der Waals surface area (Å²) in [5, 5.41) is 18.1. The van der Waals surface area contributed by atoms with Crippen LogP contribution in [-0.2, 0) is 13.7 Å². The number of hydrogen-bond donors (Lipinski definition) is 1. The standard InChI is InChI=1S/C9H11N3O/c1-6-3-7-4-8(5-13)12(2)9(7)11-10-6/h3-4,13H,5H2,1-2H3. The third kappa shape index (κ3) is 1.19. The lowest BCUT2D eigenvalue weighted by molar-refractivity contribution is 0.273. The molecule has 0 aliphatic heterocycles. The van der Waals surface area contributed by atoms with Crippen molar-refractivity contribution in [1.82, 2.24) is 14.8 Å². The Bertz CT molecular complexity index is 447. The summed E-state index contributed by atoms with van der Waals surface area (Å²) in [7, 11) is 1.87. The van der Waals surface area contributed by atoms with Crippen molar-refractivity contribution in [2.45, 2.75) is 13.5 Å². The molecule has 0 unspecified atom stereocenters. The van der Waals surface area contributed by atoms with Crippen molar-refractivity contribution >= 4 is 11.0 Å². The Morgan fingerprint density at radius 3 is 2.85 bits per heavy atom. The average Bonchev–Trinajstić information content (AvgIpc) is 2.42.